The van der Waals surface area contributed by atoms with Crippen LogP contribution in [0.5, 0.6) is 5.75 Å². The molecule has 3 aromatic rings. The highest BCUT2D eigenvalue weighted by Gasteiger charge is 2.14. The Bertz CT molecular complexity index is 787. The van der Waals surface area contributed by atoms with Gasteiger partial charge in [0.2, 0.25) is 5.75 Å². The number of fused-ring (bicyclic) bond motifs is 2. The molecule has 4 nitrogen and oxygen atoms in total. The standard InChI is InChI=1S/C15H13BrO4/c16-6-1-2-7-18-15-13-11(5-8-19-13)9-10-3-4-12(17)20-14(10)15/h3-5,8-9H,1-2,6-7H2. The van der Waals surface area contributed by atoms with Gasteiger partial charge in [0.05, 0.1) is 12.9 Å². The number of unbranched alkanes of at least 4 members (excludes halogenated alkanes) is 1. The van der Waals surface area contributed by atoms with Gasteiger partial charge in [-0.15, -0.1) is 0 Å². The number of alkyl halides is 1. The molecular formula is C15H13BrO4. The third-order valence-corrected chi connectivity index (χ3v) is 3.62. The van der Waals surface area contributed by atoms with E-state index in [-0.39, 0.29) is 0 Å². The Labute approximate surface area is 123 Å². The van der Waals surface area contributed by atoms with Gasteiger partial charge in [-0.2, -0.15) is 0 Å². The minimum atomic E-state index is -0.395. The van der Waals surface area contributed by atoms with Crippen molar-refractivity contribution in [1.29, 1.82) is 0 Å². The molecule has 1 aromatic carbocycles. The quantitative estimate of drug-likeness (QED) is 0.400. The van der Waals surface area contributed by atoms with E-state index in [1.54, 1.807) is 12.3 Å². The van der Waals surface area contributed by atoms with Gasteiger partial charge in [-0.25, -0.2) is 4.79 Å². The van der Waals surface area contributed by atoms with Crippen LogP contribution in [0.15, 0.2) is 44.2 Å². The third-order valence-electron chi connectivity index (χ3n) is 3.06. The zero-order valence-corrected chi connectivity index (χ0v) is 12.3. The van der Waals surface area contributed by atoms with Crippen molar-refractivity contribution in [2.45, 2.75) is 12.8 Å². The number of halogens is 1. The minimum Gasteiger partial charge on any atom is -0.486 e. The fourth-order valence-electron chi connectivity index (χ4n) is 2.11. The highest BCUT2D eigenvalue weighted by Crippen LogP contribution is 2.34. The van der Waals surface area contributed by atoms with E-state index in [4.69, 9.17) is 13.6 Å². The van der Waals surface area contributed by atoms with Crippen LogP contribution in [0.4, 0.5) is 0 Å². The molecule has 0 saturated heterocycles. The van der Waals surface area contributed by atoms with E-state index in [1.165, 1.54) is 6.07 Å². The number of hydrogen-bond acceptors (Lipinski definition) is 4. The van der Waals surface area contributed by atoms with Gasteiger partial charge in [-0.05, 0) is 31.0 Å². The number of hydrogen-bond donors (Lipinski definition) is 0. The summed E-state index contributed by atoms with van der Waals surface area (Å²) in [5, 5.41) is 2.70. The summed E-state index contributed by atoms with van der Waals surface area (Å²) < 4.78 is 16.5. The van der Waals surface area contributed by atoms with Crippen LogP contribution in [0.2, 0.25) is 0 Å². The molecule has 0 spiro atoms. The van der Waals surface area contributed by atoms with Gasteiger partial charge in [0.25, 0.3) is 0 Å². The predicted octanol–water partition coefficient (Wildman–Crippen LogP) is 4.09. The Hall–Kier alpha value is -1.75. The van der Waals surface area contributed by atoms with Gasteiger partial charge in [-0.1, -0.05) is 15.9 Å². The average Bonchev–Trinajstić information content (AvgIpc) is 2.91. The molecule has 104 valence electrons. The van der Waals surface area contributed by atoms with Crippen LogP contribution < -0.4 is 10.4 Å². The first-order chi connectivity index (χ1) is 9.79. The second kappa shape index (κ2) is 5.71. The Kier molecular flexibility index (Phi) is 3.78. The monoisotopic (exact) mass is 336 g/mol. The second-order valence-corrected chi connectivity index (χ2v) is 5.25. The Morgan fingerprint density at radius 3 is 2.80 bits per heavy atom. The van der Waals surface area contributed by atoms with Gasteiger partial charge in [0.1, 0.15) is 0 Å². The van der Waals surface area contributed by atoms with Crippen LogP contribution in [0, 0.1) is 0 Å². The summed E-state index contributed by atoms with van der Waals surface area (Å²) in [5.41, 5.74) is 0.665. The lowest BCUT2D eigenvalue weighted by atomic mass is 10.1. The van der Waals surface area contributed by atoms with Crippen molar-refractivity contribution in [2.75, 3.05) is 11.9 Å². The minimum absolute atomic E-state index is 0.395. The van der Waals surface area contributed by atoms with Gasteiger partial charge < -0.3 is 13.6 Å². The molecule has 0 N–H and O–H groups in total. The Morgan fingerprint density at radius 1 is 1.10 bits per heavy atom. The largest absolute Gasteiger partial charge is 0.486 e. The lowest BCUT2D eigenvalue weighted by molar-refractivity contribution is 0.307. The highest BCUT2D eigenvalue weighted by atomic mass is 79.9. The summed E-state index contributed by atoms with van der Waals surface area (Å²) >= 11 is 3.38. The number of benzene rings is 1. The van der Waals surface area contributed by atoms with Gasteiger partial charge in [-0.3, -0.25) is 0 Å². The molecule has 0 aliphatic carbocycles. The van der Waals surface area contributed by atoms with Crippen molar-refractivity contribution in [3.8, 4) is 5.75 Å². The number of rotatable bonds is 5. The van der Waals surface area contributed by atoms with Crippen LogP contribution in [0.1, 0.15) is 12.8 Å². The first kappa shape index (κ1) is 13.2. The van der Waals surface area contributed by atoms with E-state index in [0.717, 1.165) is 28.9 Å². The zero-order chi connectivity index (χ0) is 13.9. The van der Waals surface area contributed by atoms with Crippen LogP contribution in [0.3, 0.4) is 0 Å². The summed E-state index contributed by atoms with van der Waals surface area (Å²) in [5.74, 6) is 0.509. The second-order valence-electron chi connectivity index (χ2n) is 4.46. The summed E-state index contributed by atoms with van der Waals surface area (Å²) in [7, 11) is 0. The molecular weight excluding hydrogens is 324 g/mol. The molecule has 3 rings (SSSR count). The van der Waals surface area contributed by atoms with Gasteiger partial charge in [0, 0.05) is 22.2 Å². The molecule has 0 bridgehead atoms. The van der Waals surface area contributed by atoms with Gasteiger partial charge >= 0.3 is 5.63 Å². The normalized spacial score (nSPS) is 11.2. The summed E-state index contributed by atoms with van der Waals surface area (Å²) in [6.07, 6.45) is 3.55. The molecule has 2 aromatic heterocycles. The molecule has 0 radical (unpaired) electrons. The molecule has 0 aliphatic heterocycles. The molecule has 2 heterocycles. The van der Waals surface area contributed by atoms with Crippen LogP contribution in [-0.4, -0.2) is 11.9 Å². The Morgan fingerprint density at radius 2 is 1.95 bits per heavy atom. The molecule has 0 amide bonds. The van der Waals surface area contributed by atoms with E-state index in [9.17, 15) is 4.79 Å². The van der Waals surface area contributed by atoms with Crippen molar-refractivity contribution in [2.24, 2.45) is 0 Å². The molecule has 0 saturated carbocycles. The predicted molar refractivity (Wildman–Crippen MR) is 80.8 cm³/mol. The third kappa shape index (κ3) is 2.45. The van der Waals surface area contributed by atoms with Crippen molar-refractivity contribution in [3.05, 3.63) is 40.9 Å². The number of ether oxygens (including phenoxy) is 1. The lowest BCUT2D eigenvalue weighted by Crippen LogP contribution is -2.01. The van der Waals surface area contributed by atoms with E-state index < -0.39 is 5.63 Å². The summed E-state index contributed by atoms with van der Waals surface area (Å²) in [6, 6.07) is 6.93. The van der Waals surface area contributed by atoms with E-state index >= 15 is 0 Å². The SMILES string of the molecule is O=c1ccc2cc3ccoc3c(OCCCCBr)c2o1. The van der Waals surface area contributed by atoms with E-state index in [1.807, 2.05) is 12.1 Å². The Balaban J connectivity index is 2.09. The molecule has 5 heteroatoms. The maximum Gasteiger partial charge on any atom is 0.336 e. The summed E-state index contributed by atoms with van der Waals surface area (Å²) in [6.45, 7) is 0.555. The van der Waals surface area contributed by atoms with Crippen LogP contribution in [-0.2, 0) is 0 Å². The highest BCUT2D eigenvalue weighted by molar-refractivity contribution is 9.09. The molecule has 0 fully saturated rings. The van der Waals surface area contributed by atoms with E-state index in [2.05, 4.69) is 15.9 Å². The average molecular weight is 337 g/mol. The fourth-order valence-corrected chi connectivity index (χ4v) is 2.50. The lowest BCUT2D eigenvalue weighted by Gasteiger charge is -2.08. The van der Waals surface area contributed by atoms with Gasteiger partial charge in [0.15, 0.2) is 11.2 Å². The van der Waals surface area contributed by atoms with Crippen molar-refractivity contribution in [1.82, 2.24) is 0 Å². The molecule has 0 atom stereocenters. The molecule has 0 aliphatic rings. The zero-order valence-electron chi connectivity index (χ0n) is 10.7. The fraction of sp³-hybridized carbons (Fsp3) is 0.267. The molecule has 0 unspecified atom stereocenters. The van der Waals surface area contributed by atoms with Crippen molar-refractivity contribution >= 4 is 37.9 Å². The number of furan rings is 1. The first-order valence-corrected chi connectivity index (χ1v) is 7.54. The maximum atomic E-state index is 11.4. The van der Waals surface area contributed by atoms with E-state index in [0.29, 0.717) is 23.5 Å². The van der Waals surface area contributed by atoms with Crippen molar-refractivity contribution in [3.63, 3.8) is 0 Å². The molecule has 20 heavy (non-hydrogen) atoms. The smallest absolute Gasteiger partial charge is 0.336 e. The first-order valence-electron chi connectivity index (χ1n) is 6.42. The maximum absolute atomic E-state index is 11.4. The van der Waals surface area contributed by atoms with Crippen LogP contribution >= 0.6 is 15.9 Å². The summed E-state index contributed by atoms with van der Waals surface area (Å²) in [4.78, 5) is 11.4. The van der Waals surface area contributed by atoms with Crippen LogP contribution in [0.25, 0.3) is 21.9 Å². The van der Waals surface area contributed by atoms with Crippen molar-refractivity contribution < 1.29 is 13.6 Å². The topological polar surface area (TPSA) is 52.6 Å².